The van der Waals surface area contributed by atoms with Gasteiger partial charge in [0.05, 0.1) is 6.20 Å². The molecule has 1 spiro atoms. The first-order valence-electron chi connectivity index (χ1n) is 4.98. The predicted octanol–water partition coefficient (Wildman–Crippen LogP) is 1.10. The highest BCUT2D eigenvalue weighted by Gasteiger charge is 2.48. The third-order valence-electron chi connectivity index (χ3n) is 3.80. The summed E-state index contributed by atoms with van der Waals surface area (Å²) in [4.78, 5) is 0. The van der Waals surface area contributed by atoms with Gasteiger partial charge in [-0.15, -0.1) is 0 Å². The predicted molar refractivity (Wildman–Crippen MR) is 48.5 cm³/mol. The molecule has 1 aromatic heterocycles. The zero-order valence-corrected chi connectivity index (χ0v) is 7.84. The van der Waals surface area contributed by atoms with E-state index in [2.05, 4.69) is 17.4 Å². The Morgan fingerprint density at radius 1 is 1.69 bits per heavy atom. The van der Waals surface area contributed by atoms with Crippen molar-refractivity contribution in [3.63, 3.8) is 0 Å². The molecule has 0 bridgehead atoms. The van der Waals surface area contributed by atoms with Gasteiger partial charge in [0.1, 0.15) is 5.76 Å². The largest absolute Gasteiger partial charge is 0.361 e. The smallest absolute Gasteiger partial charge is 0.140 e. The van der Waals surface area contributed by atoms with Gasteiger partial charge in [-0.2, -0.15) is 0 Å². The third kappa shape index (κ3) is 0.804. The molecular weight excluding hydrogens is 164 g/mol. The summed E-state index contributed by atoms with van der Waals surface area (Å²) in [6.07, 6.45) is 4.23. The molecule has 2 unspecified atom stereocenters. The molecule has 1 fully saturated rings. The molecule has 2 heterocycles. The van der Waals surface area contributed by atoms with Gasteiger partial charge < -0.3 is 9.84 Å². The van der Waals surface area contributed by atoms with Crippen molar-refractivity contribution < 1.29 is 4.52 Å². The van der Waals surface area contributed by atoms with Crippen molar-refractivity contribution in [1.29, 1.82) is 0 Å². The van der Waals surface area contributed by atoms with E-state index in [1.165, 1.54) is 12.0 Å². The molecule has 0 amide bonds. The summed E-state index contributed by atoms with van der Waals surface area (Å²) in [7, 11) is 0. The maximum atomic E-state index is 5.26. The van der Waals surface area contributed by atoms with Crippen molar-refractivity contribution in [2.24, 2.45) is 5.92 Å². The minimum Gasteiger partial charge on any atom is -0.361 e. The van der Waals surface area contributed by atoms with Gasteiger partial charge in [-0.3, -0.25) is 0 Å². The molecule has 0 radical (unpaired) electrons. The molecule has 1 N–H and O–H groups in total. The minimum atomic E-state index is 0.343. The zero-order chi connectivity index (χ0) is 8.89. The van der Waals surface area contributed by atoms with Crippen LogP contribution in [0.1, 0.15) is 24.7 Å². The van der Waals surface area contributed by atoms with Crippen LogP contribution in [0.2, 0.25) is 0 Å². The van der Waals surface area contributed by atoms with E-state index in [0.29, 0.717) is 11.3 Å². The standard InChI is InChI=1S/C10H14N2O/c1-7-4-9-8(5-12-13-9)10(7)2-3-11-6-10/h5,7,11H,2-4,6H2,1H3. The van der Waals surface area contributed by atoms with E-state index >= 15 is 0 Å². The summed E-state index contributed by atoms with van der Waals surface area (Å²) in [5.41, 5.74) is 1.71. The number of rotatable bonds is 0. The number of fused-ring (bicyclic) bond motifs is 2. The Labute approximate surface area is 77.5 Å². The number of aromatic nitrogens is 1. The molecule has 13 heavy (non-hydrogen) atoms. The molecule has 3 heteroatoms. The molecule has 1 aliphatic carbocycles. The van der Waals surface area contributed by atoms with Crippen LogP contribution in [-0.2, 0) is 11.8 Å². The second-order valence-corrected chi connectivity index (χ2v) is 4.35. The fourth-order valence-electron chi connectivity index (χ4n) is 2.92. The number of nitrogens with zero attached hydrogens (tertiary/aromatic N) is 1. The topological polar surface area (TPSA) is 38.1 Å². The molecule has 70 valence electrons. The highest BCUT2D eigenvalue weighted by Crippen LogP contribution is 2.46. The molecule has 1 aliphatic heterocycles. The lowest BCUT2D eigenvalue weighted by atomic mass is 9.75. The Hall–Kier alpha value is -0.830. The maximum Gasteiger partial charge on any atom is 0.140 e. The molecule has 1 aromatic rings. The van der Waals surface area contributed by atoms with Crippen LogP contribution in [0.5, 0.6) is 0 Å². The highest BCUT2D eigenvalue weighted by molar-refractivity contribution is 5.34. The Kier molecular flexibility index (Phi) is 1.37. The van der Waals surface area contributed by atoms with Crippen molar-refractivity contribution in [2.75, 3.05) is 13.1 Å². The van der Waals surface area contributed by atoms with Gasteiger partial charge in [0, 0.05) is 23.9 Å². The van der Waals surface area contributed by atoms with Gasteiger partial charge in [-0.05, 0) is 18.9 Å². The number of nitrogens with one attached hydrogen (secondary N) is 1. The number of hydrogen-bond acceptors (Lipinski definition) is 3. The number of hydrogen-bond donors (Lipinski definition) is 1. The lowest BCUT2D eigenvalue weighted by Crippen LogP contribution is -2.32. The third-order valence-corrected chi connectivity index (χ3v) is 3.80. The Morgan fingerprint density at radius 3 is 3.38 bits per heavy atom. The first kappa shape index (κ1) is 7.56. The molecular formula is C10H14N2O. The summed E-state index contributed by atoms with van der Waals surface area (Å²) in [6.45, 7) is 4.56. The SMILES string of the molecule is CC1Cc2oncc2C12CCNC2. The summed E-state index contributed by atoms with van der Waals surface area (Å²) in [5, 5.41) is 7.34. The second kappa shape index (κ2) is 2.35. The van der Waals surface area contributed by atoms with Crippen LogP contribution in [0.15, 0.2) is 10.7 Å². The average Bonchev–Trinajstić information content (AvgIpc) is 2.72. The van der Waals surface area contributed by atoms with Crippen LogP contribution >= 0.6 is 0 Å². The van der Waals surface area contributed by atoms with Gasteiger partial charge in [0.25, 0.3) is 0 Å². The van der Waals surface area contributed by atoms with Gasteiger partial charge in [0.2, 0.25) is 0 Å². The van der Waals surface area contributed by atoms with E-state index in [1.54, 1.807) is 0 Å². The molecule has 2 atom stereocenters. The van der Waals surface area contributed by atoms with E-state index in [1.807, 2.05) is 6.20 Å². The van der Waals surface area contributed by atoms with Crippen LogP contribution in [-0.4, -0.2) is 18.2 Å². The zero-order valence-electron chi connectivity index (χ0n) is 7.84. The molecule has 0 aromatic carbocycles. The van der Waals surface area contributed by atoms with Crippen molar-refractivity contribution in [1.82, 2.24) is 10.5 Å². The lowest BCUT2D eigenvalue weighted by molar-refractivity contribution is 0.322. The minimum absolute atomic E-state index is 0.343. The molecule has 0 saturated carbocycles. The summed E-state index contributed by atoms with van der Waals surface area (Å²) < 4.78 is 5.26. The molecule has 3 rings (SSSR count). The van der Waals surface area contributed by atoms with Gasteiger partial charge >= 0.3 is 0 Å². The van der Waals surface area contributed by atoms with Gasteiger partial charge in [-0.25, -0.2) is 0 Å². The average molecular weight is 178 g/mol. The van der Waals surface area contributed by atoms with Crippen molar-refractivity contribution in [3.8, 4) is 0 Å². The highest BCUT2D eigenvalue weighted by atomic mass is 16.5. The van der Waals surface area contributed by atoms with E-state index in [-0.39, 0.29) is 0 Å². The van der Waals surface area contributed by atoms with E-state index in [0.717, 1.165) is 25.3 Å². The quantitative estimate of drug-likeness (QED) is 0.646. The fourth-order valence-corrected chi connectivity index (χ4v) is 2.92. The summed E-state index contributed by atoms with van der Waals surface area (Å²) in [6, 6.07) is 0. The molecule has 3 nitrogen and oxygen atoms in total. The van der Waals surface area contributed by atoms with E-state index in [4.69, 9.17) is 4.52 Å². The van der Waals surface area contributed by atoms with Crippen LogP contribution < -0.4 is 5.32 Å². The summed E-state index contributed by atoms with van der Waals surface area (Å²) >= 11 is 0. The maximum absolute atomic E-state index is 5.26. The molecule has 1 saturated heterocycles. The van der Waals surface area contributed by atoms with E-state index in [9.17, 15) is 0 Å². The first-order chi connectivity index (χ1) is 6.33. The molecule has 2 aliphatic rings. The second-order valence-electron chi connectivity index (χ2n) is 4.35. The monoisotopic (exact) mass is 178 g/mol. The normalized spacial score (nSPS) is 37.2. The first-order valence-corrected chi connectivity index (χ1v) is 4.98. The Morgan fingerprint density at radius 2 is 2.62 bits per heavy atom. The van der Waals surface area contributed by atoms with Gasteiger partial charge in [-0.1, -0.05) is 12.1 Å². The van der Waals surface area contributed by atoms with Crippen LogP contribution in [0.3, 0.4) is 0 Å². The van der Waals surface area contributed by atoms with E-state index < -0.39 is 0 Å². The van der Waals surface area contributed by atoms with Crippen LogP contribution in [0, 0.1) is 5.92 Å². The fraction of sp³-hybridized carbons (Fsp3) is 0.700. The Balaban J connectivity index is 2.12. The van der Waals surface area contributed by atoms with Crippen LogP contribution in [0.25, 0.3) is 0 Å². The lowest BCUT2D eigenvalue weighted by Gasteiger charge is -2.27. The van der Waals surface area contributed by atoms with Gasteiger partial charge in [0.15, 0.2) is 0 Å². The van der Waals surface area contributed by atoms with Crippen molar-refractivity contribution >= 4 is 0 Å². The van der Waals surface area contributed by atoms with Crippen molar-refractivity contribution in [2.45, 2.75) is 25.2 Å². The summed E-state index contributed by atoms with van der Waals surface area (Å²) in [5.74, 6) is 1.83. The Bertz CT molecular complexity index is 325. The van der Waals surface area contributed by atoms with Crippen LogP contribution in [0.4, 0.5) is 0 Å². The van der Waals surface area contributed by atoms with Crippen molar-refractivity contribution in [3.05, 3.63) is 17.5 Å².